The Balaban J connectivity index is -0.00000000267. The Kier molecular flexibility index (Phi) is 501. The smallest absolute Gasteiger partial charge is 1.00 e. The molecule has 0 radical (unpaired) electrons. The molecule has 0 atom stereocenters. The number of quaternary nitrogens is 2. The summed E-state index contributed by atoms with van der Waals surface area (Å²) in [6, 6.07) is 0. The Hall–Kier alpha value is 2.01. The molecule has 0 saturated carbocycles. The van der Waals surface area contributed by atoms with Gasteiger partial charge in [-0.1, -0.05) is 0 Å². The minimum Gasteiger partial charge on any atom is -1.00 e. The zero-order valence-electron chi connectivity index (χ0n) is 4.04. The minimum absolute atomic E-state index is 0. The van der Waals surface area contributed by atoms with E-state index in [4.69, 9.17) is 0 Å². The summed E-state index contributed by atoms with van der Waals surface area (Å²) in [5.74, 6) is 0. The van der Waals surface area contributed by atoms with Gasteiger partial charge in [0.2, 0.25) is 0 Å². The SMILES string of the molecule is [NH4+].[NH4+].[S-][S-].[S-][S-].[W+2]. The molecule has 0 aliphatic carbocycles. The van der Waals surface area contributed by atoms with E-state index >= 15 is 0 Å². The van der Waals surface area contributed by atoms with Crippen LogP contribution < -0.4 is 12.3 Å². The van der Waals surface area contributed by atoms with Crippen molar-refractivity contribution in [2.75, 3.05) is 0 Å². The van der Waals surface area contributed by atoms with Gasteiger partial charge in [0.15, 0.2) is 0 Å². The fourth-order valence-corrected chi connectivity index (χ4v) is 0. The quantitative estimate of drug-likeness (QED) is 0.500. The maximum absolute atomic E-state index is 3.67. The first-order valence-corrected chi connectivity index (χ1v) is 3.00. The van der Waals surface area contributed by atoms with E-state index in [2.05, 4.69) is 46.6 Å². The van der Waals surface area contributed by atoms with Crippen molar-refractivity contribution in [1.29, 1.82) is 0 Å². The fraction of sp³-hybridized carbons (Fsp3) is 0. The van der Waals surface area contributed by atoms with Crippen molar-refractivity contribution < 1.29 is 21.1 Å². The maximum atomic E-state index is 3.67. The molecule has 0 aliphatic heterocycles. The molecule has 0 saturated heterocycles. The Bertz CT molecular complexity index is 9.65. The summed E-state index contributed by atoms with van der Waals surface area (Å²) in [7, 11) is 0. The predicted octanol–water partition coefficient (Wildman–Crippen LogP) is 0.740. The van der Waals surface area contributed by atoms with Gasteiger partial charge in [-0.15, -0.1) is 0 Å². The Morgan fingerprint density at radius 3 is 0.571 bits per heavy atom. The van der Waals surface area contributed by atoms with Gasteiger partial charge >= 0.3 is 21.1 Å². The summed E-state index contributed by atoms with van der Waals surface area (Å²) in [5.41, 5.74) is 0. The Labute approximate surface area is 79.5 Å². The van der Waals surface area contributed by atoms with Gasteiger partial charge in [-0.05, 0) is 0 Å². The van der Waals surface area contributed by atoms with Crippen molar-refractivity contribution in [1.82, 2.24) is 12.3 Å². The zero-order valence-corrected chi connectivity index (χ0v) is 10.2. The molecular weight excluding hydrogens is 340 g/mol. The van der Waals surface area contributed by atoms with Crippen LogP contribution in [0.25, 0.3) is 0 Å². The van der Waals surface area contributed by atoms with Crippen molar-refractivity contribution in [2.45, 2.75) is 0 Å². The summed E-state index contributed by atoms with van der Waals surface area (Å²) in [5, 5.41) is 0. The molecule has 7 heteroatoms. The van der Waals surface area contributed by atoms with Gasteiger partial charge < -0.3 is 58.9 Å². The molecular formula is H8N2S4W. The van der Waals surface area contributed by atoms with Gasteiger partial charge in [0.05, 0.1) is 0 Å². The van der Waals surface area contributed by atoms with Crippen LogP contribution in [0.3, 0.4) is 0 Å². The molecule has 0 aromatic heterocycles. The largest absolute Gasteiger partial charge is 2.00 e. The van der Waals surface area contributed by atoms with E-state index in [1.807, 2.05) is 0 Å². The van der Waals surface area contributed by atoms with Crippen LogP contribution in [-0.2, 0) is 67.7 Å². The second kappa shape index (κ2) is 97.5. The van der Waals surface area contributed by atoms with Crippen molar-refractivity contribution in [3.8, 4) is 0 Å². The van der Waals surface area contributed by atoms with Crippen LogP contribution in [0.5, 0.6) is 0 Å². The van der Waals surface area contributed by atoms with Gasteiger partial charge in [-0.25, -0.2) is 0 Å². The second-order valence-electron chi connectivity index (χ2n) is 0. The molecule has 0 heterocycles. The summed E-state index contributed by atoms with van der Waals surface area (Å²) in [6.45, 7) is 0. The molecule has 8 N–H and O–H groups in total. The van der Waals surface area contributed by atoms with Crippen LogP contribution in [0.4, 0.5) is 0 Å². The standard InChI is InChI=1S/2H3N.2S2.W/c;;2*1-2;/h2*1H3;;;/q;;2*-2;+2/p+2. The van der Waals surface area contributed by atoms with Crippen LogP contribution in [0.15, 0.2) is 0 Å². The fourth-order valence-electron chi connectivity index (χ4n) is 0. The first-order valence-electron chi connectivity index (χ1n) is 0.333. The predicted molar refractivity (Wildman–Crippen MR) is 41.4 cm³/mol. The number of hydrogen-bond acceptors (Lipinski definition) is 4. The number of rotatable bonds is 0. The van der Waals surface area contributed by atoms with E-state index in [0.29, 0.717) is 0 Å². The first-order chi connectivity index (χ1) is 2.00. The van der Waals surface area contributed by atoms with E-state index in [1.54, 1.807) is 0 Å². The van der Waals surface area contributed by atoms with Crippen LogP contribution in [0.2, 0.25) is 0 Å². The summed E-state index contributed by atoms with van der Waals surface area (Å²) in [4.78, 5) is 0. The molecule has 0 aliphatic rings. The summed E-state index contributed by atoms with van der Waals surface area (Å²) < 4.78 is 0. The van der Waals surface area contributed by atoms with Crippen LogP contribution in [0, 0.1) is 0 Å². The molecule has 0 rings (SSSR count). The molecule has 0 aromatic carbocycles. The molecule has 0 fully saturated rings. The van der Waals surface area contributed by atoms with Gasteiger partial charge in [-0.2, -0.15) is 0 Å². The van der Waals surface area contributed by atoms with E-state index in [-0.39, 0.29) is 33.4 Å². The zero-order chi connectivity index (χ0) is 4.00. The topological polar surface area (TPSA) is 73.0 Å². The normalized spacial score (nSPS) is 1.71. The van der Waals surface area contributed by atoms with E-state index in [0.717, 1.165) is 0 Å². The first kappa shape index (κ1) is 36.0. The van der Waals surface area contributed by atoms with E-state index in [1.165, 1.54) is 0 Å². The van der Waals surface area contributed by atoms with E-state index in [9.17, 15) is 0 Å². The molecule has 0 unspecified atom stereocenters. The molecule has 0 bridgehead atoms. The van der Waals surface area contributed by atoms with Gasteiger partial charge in [0.25, 0.3) is 0 Å². The molecule has 0 aromatic rings. The molecule has 7 heavy (non-hydrogen) atoms. The monoisotopic (exact) mass is 348 g/mol. The number of hydrogen-bond donors (Lipinski definition) is 2. The Morgan fingerprint density at radius 2 is 0.571 bits per heavy atom. The third kappa shape index (κ3) is 71.7. The average molecular weight is 348 g/mol. The Morgan fingerprint density at radius 1 is 0.571 bits per heavy atom. The molecule has 2 nitrogen and oxygen atoms in total. The third-order valence-electron chi connectivity index (χ3n) is 0. The minimum atomic E-state index is 0. The van der Waals surface area contributed by atoms with Gasteiger partial charge in [0.1, 0.15) is 0 Å². The molecule has 0 spiro atoms. The van der Waals surface area contributed by atoms with Crippen molar-refractivity contribution in [3.63, 3.8) is 0 Å². The maximum Gasteiger partial charge on any atom is 2.00 e. The van der Waals surface area contributed by atoms with E-state index < -0.39 is 0 Å². The van der Waals surface area contributed by atoms with Gasteiger partial charge in [-0.3, -0.25) is 0 Å². The molecule has 0 amide bonds. The average Bonchev–Trinajstić information content (AvgIpc) is 1.50. The summed E-state index contributed by atoms with van der Waals surface area (Å²) in [6.07, 6.45) is 0. The van der Waals surface area contributed by atoms with Crippen LogP contribution >= 0.6 is 0 Å². The van der Waals surface area contributed by atoms with Crippen molar-refractivity contribution in [2.24, 2.45) is 0 Å². The van der Waals surface area contributed by atoms with Crippen molar-refractivity contribution >= 4 is 46.6 Å². The van der Waals surface area contributed by atoms with Crippen LogP contribution in [0.1, 0.15) is 0 Å². The second-order valence-corrected chi connectivity index (χ2v) is 0. The van der Waals surface area contributed by atoms with Crippen LogP contribution in [-0.4, -0.2) is 0 Å². The molecule has 48 valence electrons. The van der Waals surface area contributed by atoms with Gasteiger partial charge in [0, 0.05) is 0 Å². The summed E-state index contributed by atoms with van der Waals surface area (Å²) >= 11 is 14.7. The van der Waals surface area contributed by atoms with Crippen molar-refractivity contribution in [3.05, 3.63) is 0 Å². The third-order valence-corrected chi connectivity index (χ3v) is 0.